The molecule has 0 amide bonds. The summed E-state index contributed by atoms with van der Waals surface area (Å²) in [6.07, 6.45) is 2.48. The normalized spacial score (nSPS) is 14.1. The number of nitrogens with zero attached hydrogens (tertiary/aromatic N) is 1. The molecule has 16 heavy (non-hydrogen) atoms. The molecular formula is C12H16N2O2. The Labute approximate surface area is 94.9 Å². The lowest BCUT2D eigenvalue weighted by Gasteiger charge is -2.26. The highest BCUT2D eigenvalue weighted by molar-refractivity contribution is 5.38. The fraction of sp³-hybridized carbons (Fsp3) is 0.333. The van der Waals surface area contributed by atoms with E-state index in [1.54, 1.807) is 18.2 Å². The predicted molar refractivity (Wildman–Crippen MR) is 64.3 cm³/mol. The molecule has 0 aliphatic rings. The van der Waals surface area contributed by atoms with E-state index in [9.17, 15) is 10.1 Å². The van der Waals surface area contributed by atoms with Crippen molar-refractivity contribution in [2.45, 2.75) is 18.8 Å². The molecule has 0 saturated heterocycles. The maximum atomic E-state index is 10.7. The summed E-state index contributed by atoms with van der Waals surface area (Å²) in [5.41, 5.74) is 6.43. The standard InChI is InChI=1S/C12H16N2O2/c1-3-7-12(2,9-13)10-5-4-6-11(8-10)14(15)16/h3-6,8H,1,7,9,13H2,2H3. The molecule has 1 atom stereocenters. The SMILES string of the molecule is C=CCC(C)(CN)c1cccc([N+](=O)[O-])c1. The van der Waals surface area contributed by atoms with Gasteiger partial charge in [0.05, 0.1) is 4.92 Å². The first-order chi connectivity index (χ1) is 7.53. The highest BCUT2D eigenvalue weighted by atomic mass is 16.6. The molecule has 4 nitrogen and oxygen atoms in total. The van der Waals surface area contributed by atoms with Gasteiger partial charge in [0.15, 0.2) is 0 Å². The number of non-ortho nitro benzene ring substituents is 1. The van der Waals surface area contributed by atoms with E-state index in [0.29, 0.717) is 13.0 Å². The zero-order chi connectivity index (χ0) is 12.2. The van der Waals surface area contributed by atoms with Gasteiger partial charge in [0.2, 0.25) is 0 Å². The molecular weight excluding hydrogens is 204 g/mol. The van der Waals surface area contributed by atoms with Gasteiger partial charge < -0.3 is 5.73 Å². The maximum Gasteiger partial charge on any atom is 0.269 e. The molecule has 0 bridgehead atoms. The summed E-state index contributed by atoms with van der Waals surface area (Å²) >= 11 is 0. The summed E-state index contributed by atoms with van der Waals surface area (Å²) in [4.78, 5) is 10.3. The summed E-state index contributed by atoms with van der Waals surface area (Å²) < 4.78 is 0. The van der Waals surface area contributed by atoms with E-state index in [0.717, 1.165) is 5.56 Å². The number of hydrogen-bond donors (Lipinski definition) is 1. The highest BCUT2D eigenvalue weighted by Crippen LogP contribution is 2.29. The van der Waals surface area contributed by atoms with Gasteiger partial charge in [0.1, 0.15) is 0 Å². The summed E-state index contributed by atoms with van der Waals surface area (Å²) in [5, 5.41) is 10.7. The van der Waals surface area contributed by atoms with E-state index >= 15 is 0 Å². The molecule has 0 fully saturated rings. The molecule has 0 aliphatic heterocycles. The smallest absolute Gasteiger partial charge is 0.269 e. The predicted octanol–water partition coefficient (Wildman–Crippen LogP) is 2.39. The lowest BCUT2D eigenvalue weighted by Crippen LogP contribution is -2.31. The molecule has 0 aliphatic carbocycles. The Morgan fingerprint density at radius 1 is 1.62 bits per heavy atom. The Hall–Kier alpha value is -1.68. The second kappa shape index (κ2) is 4.90. The number of allylic oxidation sites excluding steroid dienone is 1. The van der Waals surface area contributed by atoms with Crippen LogP contribution in [0.5, 0.6) is 0 Å². The lowest BCUT2D eigenvalue weighted by molar-refractivity contribution is -0.385. The third-order valence-corrected chi connectivity index (χ3v) is 2.80. The second-order valence-electron chi connectivity index (χ2n) is 4.07. The van der Waals surface area contributed by atoms with Crippen molar-refractivity contribution in [2.24, 2.45) is 5.73 Å². The highest BCUT2D eigenvalue weighted by Gasteiger charge is 2.24. The van der Waals surface area contributed by atoms with Crippen molar-refractivity contribution < 1.29 is 4.92 Å². The van der Waals surface area contributed by atoms with Gasteiger partial charge in [-0.2, -0.15) is 0 Å². The van der Waals surface area contributed by atoms with Crippen molar-refractivity contribution in [3.05, 3.63) is 52.6 Å². The van der Waals surface area contributed by atoms with E-state index in [2.05, 4.69) is 6.58 Å². The zero-order valence-corrected chi connectivity index (χ0v) is 9.35. The number of nitro benzene ring substituents is 1. The topological polar surface area (TPSA) is 69.2 Å². The third kappa shape index (κ3) is 2.46. The molecule has 0 radical (unpaired) electrons. The average molecular weight is 220 g/mol. The van der Waals surface area contributed by atoms with Gasteiger partial charge in [0.25, 0.3) is 5.69 Å². The minimum atomic E-state index is -0.394. The summed E-state index contributed by atoms with van der Waals surface area (Å²) in [7, 11) is 0. The quantitative estimate of drug-likeness (QED) is 0.470. The Balaban J connectivity index is 3.15. The van der Waals surface area contributed by atoms with Gasteiger partial charge in [-0.25, -0.2) is 0 Å². The monoisotopic (exact) mass is 220 g/mol. The van der Waals surface area contributed by atoms with Crippen LogP contribution >= 0.6 is 0 Å². The van der Waals surface area contributed by atoms with Crippen molar-refractivity contribution >= 4 is 5.69 Å². The van der Waals surface area contributed by atoms with Crippen LogP contribution in [0.25, 0.3) is 0 Å². The van der Waals surface area contributed by atoms with Gasteiger partial charge >= 0.3 is 0 Å². The molecule has 0 aromatic heterocycles. The Morgan fingerprint density at radius 2 is 2.31 bits per heavy atom. The van der Waals surface area contributed by atoms with Crippen LogP contribution in [0.2, 0.25) is 0 Å². The van der Waals surface area contributed by atoms with Crippen LogP contribution in [-0.2, 0) is 5.41 Å². The fourth-order valence-corrected chi connectivity index (χ4v) is 1.63. The van der Waals surface area contributed by atoms with Crippen molar-refractivity contribution in [1.82, 2.24) is 0 Å². The molecule has 0 heterocycles. The molecule has 1 aromatic carbocycles. The minimum absolute atomic E-state index is 0.0984. The van der Waals surface area contributed by atoms with E-state index < -0.39 is 4.92 Å². The maximum absolute atomic E-state index is 10.7. The van der Waals surface area contributed by atoms with E-state index in [-0.39, 0.29) is 11.1 Å². The molecule has 2 N–H and O–H groups in total. The van der Waals surface area contributed by atoms with Crippen molar-refractivity contribution in [1.29, 1.82) is 0 Å². The first-order valence-corrected chi connectivity index (χ1v) is 5.09. The summed E-state index contributed by atoms with van der Waals surface area (Å²) in [5.74, 6) is 0. The minimum Gasteiger partial charge on any atom is -0.330 e. The van der Waals surface area contributed by atoms with Crippen LogP contribution in [0, 0.1) is 10.1 Å². The van der Waals surface area contributed by atoms with E-state index in [1.165, 1.54) is 6.07 Å². The number of nitrogens with two attached hydrogens (primary N) is 1. The first kappa shape index (κ1) is 12.4. The lowest BCUT2D eigenvalue weighted by atomic mass is 9.79. The second-order valence-corrected chi connectivity index (χ2v) is 4.07. The van der Waals surface area contributed by atoms with Crippen LogP contribution in [0.1, 0.15) is 18.9 Å². The Morgan fingerprint density at radius 3 is 2.81 bits per heavy atom. The van der Waals surface area contributed by atoms with E-state index in [1.807, 2.05) is 13.0 Å². The molecule has 1 aromatic rings. The first-order valence-electron chi connectivity index (χ1n) is 5.09. The fourth-order valence-electron chi connectivity index (χ4n) is 1.63. The van der Waals surface area contributed by atoms with Crippen LogP contribution in [-0.4, -0.2) is 11.5 Å². The Bertz CT molecular complexity index is 404. The van der Waals surface area contributed by atoms with Gasteiger partial charge in [-0.05, 0) is 12.0 Å². The largest absolute Gasteiger partial charge is 0.330 e. The molecule has 86 valence electrons. The summed E-state index contributed by atoms with van der Waals surface area (Å²) in [6.45, 7) is 6.10. The van der Waals surface area contributed by atoms with Crippen molar-refractivity contribution in [3.63, 3.8) is 0 Å². The van der Waals surface area contributed by atoms with Crippen molar-refractivity contribution in [3.8, 4) is 0 Å². The van der Waals surface area contributed by atoms with Crippen LogP contribution < -0.4 is 5.73 Å². The zero-order valence-electron chi connectivity index (χ0n) is 9.35. The van der Waals surface area contributed by atoms with Gasteiger partial charge in [-0.3, -0.25) is 10.1 Å². The van der Waals surface area contributed by atoms with Gasteiger partial charge in [-0.1, -0.05) is 25.1 Å². The van der Waals surface area contributed by atoms with Gasteiger partial charge in [-0.15, -0.1) is 6.58 Å². The number of nitro groups is 1. The van der Waals surface area contributed by atoms with Crippen molar-refractivity contribution in [2.75, 3.05) is 6.54 Å². The van der Waals surface area contributed by atoms with Crippen LogP contribution in [0.15, 0.2) is 36.9 Å². The number of benzene rings is 1. The third-order valence-electron chi connectivity index (χ3n) is 2.80. The average Bonchev–Trinajstić information content (AvgIpc) is 2.29. The Kier molecular flexibility index (Phi) is 3.79. The summed E-state index contributed by atoms with van der Waals surface area (Å²) in [6, 6.07) is 6.61. The molecule has 0 saturated carbocycles. The van der Waals surface area contributed by atoms with Gasteiger partial charge in [0, 0.05) is 24.1 Å². The number of hydrogen-bond acceptors (Lipinski definition) is 3. The van der Waals surface area contributed by atoms with E-state index in [4.69, 9.17) is 5.73 Å². The van der Waals surface area contributed by atoms with Crippen LogP contribution in [0.4, 0.5) is 5.69 Å². The number of rotatable bonds is 5. The molecule has 0 spiro atoms. The molecule has 1 rings (SSSR count). The molecule has 4 heteroatoms. The molecule has 1 unspecified atom stereocenters. The van der Waals surface area contributed by atoms with Crippen LogP contribution in [0.3, 0.4) is 0 Å².